The van der Waals surface area contributed by atoms with Gasteiger partial charge in [-0.05, 0) is 38.0 Å². The van der Waals surface area contributed by atoms with Gasteiger partial charge in [-0.25, -0.2) is 0 Å². The third kappa shape index (κ3) is 5.02. The number of nitrogens with zero attached hydrogens (tertiary/aromatic N) is 1. The highest BCUT2D eigenvalue weighted by molar-refractivity contribution is 7.87. The third-order valence-electron chi connectivity index (χ3n) is 3.77. The molecule has 6 heteroatoms. The van der Waals surface area contributed by atoms with E-state index < -0.39 is 15.7 Å². The van der Waals surface area contributed by atoms with Crippen molar-refractivity contribution in [2.24, 2.45) is 17.6 Å². The van der Waals surface area contributed by atoms with Crippen molar-refractivity contribution in [2.75, 3.05) is 19.6 Å². The topological polar surface area (TPSA) is 75.4 Å². The van der Waals surface area contributed by atoms with Crippen molar-refractivity contribution >= 4 is 10.2 Å². The predicted molar refractivity (Wildman–Crippen MR) is 78.9 cm³/mol. The Morgan fingerprint density at radius 2 is 1.89 bits per heavy atom. The number of hydrogen-bond acceptors (Lipinski definition) is 3. The minimum atomic E-state index is -3.42. The molecule has 1 aliphatic rings. The molecule has 3 N–H and O–H groups in total. The molecule has 0 aliphatic carbocycles. The van der Waals surface area contributed by atoms with Crippen LogP contribution in [0.4, 0.5) is 0 Å². The van der Waals surface area contributed by atoms with Crippen LogP contribution in [0.15, 0.2) is 0 Å². The maximum absolute atomic E-state index is 12.4. The van der Waals surface area contributed by atoms with Crippen LogP contribution in [0.1, 0.15) is 47.0 Å². The molecule has 0 bridgehead atoms. The van der Waals surface area contributed by atoms with Gasteiger partial charge in [0.1, 0.15) is 0 Å². The molecule has 0 aromatic heterocycles. The number of nitrogens with one attached hydrogen (secondary N) is 1. The Kier molecular flexibility index (Phi) is 5.79. The van der Waals surface area contributed by atoms with E-state index in [0.717, 1.165) is 19.3 Å². The Morgan fingerprint density at radius 1 is 1.37 bits per heavy atom. The molecule has 0 amide bonds. The van der Waals surface area contributed by atoms with Gasteiger partial charge in [0.15, 0.2) is 0 Å². The van der Waals surface area contributed by atoms with Crippen molar-refractivity contribution in [3.8, 4) is 0 Å². The summed E-state index contributed by atoms with van der Waals surface area (Å²) in [4.78, 5) is 0. The van der Waals surface area contributed by atoms with Crippen molar-refractivity contribution < 1.29 is 8.42 Å². The van der Waals surface area contributed by atoms with E-state index >= 15 is 0 Å². The van der Waals surface area contributed by atoms with E-state index in [1.54, 1.807) is 4.31 Å². The van der Waals surface area contributed by atoms with Crippen LogP contribution in [0.5, 0.6) is 0 Å². The molecule has 19 heavy (non-hydrogen) atoms. The number of piperidine rings is 1. The summed E-state index contributed by atoms with van der Waals surface area (Å²) in [5, 5.41) is 0. The third-order valence-corrected chi connectivity index (χ3v) is 5.56. The lowest BCUT2D eigenvalue weighted by Gasteiger charge is -2.35. The summed E-state index contributed by atoms with van der Waals surface area (Å²) in [7, 11) is -3.42. The Hall–Kier alpha value is -0.170. The lowest BCUT2D eigenvalue weighted by atomic mass is 9.92. The summed E-state index contributed by atoms with van der Waals surface area (Å²) >= 11 is 0. The van der Waals surface area contributed by atoms with Crippen molar-refractivity contribution in [2.45, 2.75) is 52.5 Å². The smallest absolute Gasteiger partial charge is 0.279 e. The molecular weight excluding hydrogens is 262 g/mol. The van der Waals surface area contributed by atoms with Crippen molar-refractivity contribution in [1.82, 2.24) is 9.03 Å². The zero-order chi connectivity index (χ0) is 14.7. The zero-order valence-corrected chi connectivity index (χ0v) is 13.5. The van der Waals surface area contributed by atoms with Crippen LogP contribution < -0.4 is 10.5 Å². The van der Waals surface area contributed by atoms with Gasteiger partial charge in [0.05, 0.1) is 0 Å². The molecular formula is C13H29N3O2S. The predicted octanol–water partition coefficient (Wildman–Crippen LogP) is 1.32. The highest BCUT2D eigenvalue weighted by atomic mass is 32.2. The monoisotopic (exact) mass is 291 g/mol. The van der Waals surface area contributed by atoms with Gasteiger partial charge in [-0.15, -0.1) is 0 Å². The second-order valence-electron chi connectivity index (χ2n) is 6.55. The SMILES string of the molecule is CC(C)CC(C)(CN)NS(=O)(=O)N1CCC(C)CC1. The lowest BCUT2D eigenvalue weighted by Crippen LogP contribution is -2.57. The molecule has 1 fully saturated rings. The number of nitrogens with two attached hydrogens (primary N) is 1. The van der Waals surface area contributed by atoms with Crippen LogP contribution in [-0.2, 0) is 10.2 Å². The van der Waals surface area contributed by atoms with Gasteiger partial charge in [0.2, 0.25) is 0 Å². The van der Waals surface area contributed by atoms with E-state index in [1.165, 1.54) is 0 Å². The quantitative estimate of drug-likeness (QED) is 0.775. The average molecular weight is 291 g/mol. The van der Waals surface area contributed by atoms with Crippen LogP contribution in [0.25, 0.3) is 0 Å². The van der Waals surface area contributed by atoms with Crippen molar-refractivity contribution in [3.63, 3.8) is 0 Å². The fourth-order valence-electron chi connectivity index (χ4n) is 2.67. The first-order valence-electron chi connectivity index (χ1n) is 7.17. The Labute approximate surface area is 118 Å². The first-order chi connectivity index (χ1) is 8.68. The Bertz CT molecular complexity index is 375. The first-order valence-corrected chi connectivity index (χ1v) is 8.61. The largest absolute Gasteiger partial charge is 0.329 e. The Balaban J connectivity index is 2.72. The summed E-state index contributed by atoms with van der Waals surface area (Å²) in [6, 6.07) is 0. The Morgan fingerprint density at radius 3 is 2.32 bits per heavy atom. The molecule has 1 rings (SSSR count). The van der Waals surface area contributed by atoms with Crippen LogP contribution in [0.3, 0.4) is 0 Å². The molecule has 0 aromatic carbocycles. The summed E-state index contributed by atoms with van der Waals surface area (Å²) in [6.45, 7) is 9.74. The summed E-state index contributed by atoms with van der Waals surface area (Å²) in [5.74, 6) is 1.01. The molecule has 114 valence electrons. The highest BCUT2D eigenvalue weighted by Crippen LogP contribution is 2.21. The second kappa shape index (κ2) is 6.52. The van der Waals surface area contributed by atoms with E-state index in [-0.39, 0.29) is 0 Å². The van der Waals surface area contributed by atoms with Crippen LogP contribution in [0, 0.1) is 11.8 Å². The van der Waals surface area contributed by atoms with Gasteiger partial charge in [-0.2, -0.15) is 17.4 Å². The molecule has 0 saturated carbocycles. The summed E-state index contributed by atoms with van der Waals surface area (Å²) < 4.78 is 29.2. The summed E-state index contributed by atoms with van der Waals surface area (Å²) in [5.41, 5.74) is 5.21. The number of rotatable bonds is 6. The van der Waals surface area contributed by atoms with Gasteiger partial charge >= 0.3 is 0 Å². The van der Waals surface area contributed by atoms with Gasteiger partial charge in [-0.1, -0.05) is 20.8 Å². The molecule has 1 saturated heterocycles. The average Bonchev–Trinajstić information content (AvgIpc) is 2.27. The second-order valence-corrected chi connectivity index (χ2v) is 8.22. The van der Waals surface area contributed by atoms with Crippen LogP contribution in [-0.4, -0.2) is 37.9 Å². The first kappa shape index (κ1) is 16.9. The van der Waals surface area contributed by atoms with Gasteiger partial charge in [-0.3, -0.25) is 0 Å². The molecule has 0 radical (unpaired) electrons. The van der Waals surface area contributed by atoms with Gasteiger partial charge in [0, 0.05) is 25.2 Å². The zero-order valence-electron chi connectivity index (χ0n) is 12.6. The van der Waals surface area contributed by atoms with E-state index in [9.17, 15) is 8.42 Å². The maximum atomic E-state index is 12.4. The van der Waals surface area contributed by atoms with E-state index in [4.69, 9.17) is 5.73 Å². The van der Waals surface area contributed by atoms with E-state index in [2.05, 4.69) is 25.5 Å². The standard InChI is InChI=1S/C13H29N3O2S/c1-11(2)9-13(4,10-14)15-19(17,18)16-7-5-12(3)6-8-16/h11-12,15H,5-10,14H2,1-4H3. The van der Waals surface area contributed by atoms with E-state index in [0.29, 0.717) is 31.5 Å². The van der Waals surface area contributed by atoms with Crippen molar-refractivity contribution in [1.29, 1.82) is 0 Å². The molecule has 5 nitrogen and oxygen atoms in total. The van der Waals surface area contributed by atoms with Gasteiger partial charge in [0.25, 0.3) is 10.2 Å². The molecule has 1 aliphatic heterocycles. The minimum Gasteiger partial charge on any atom is -0.329 e. The van der Waals surface area contributed by atoms with Crippen LogP contribution >= 0.6 is 0 Å². The fraction of sp³-hybridized carbons (Fsp3) is 1.00. The highest BCUT2D eigenvalue weighted by Gasteiger charge is 2.34. The molecule has 0 aromatic rings. The van der Waals surface area contributed by atoms with E-state index in [1.807, 2.05) is 6.92 Å². The molecule has 0 spiro atoms. The normalized spacial score (nSPS) is 22.6. The number of hydrogen-bond donors (Lipinski definition) is 2. The minimum absolute atomic E-state index is 0.314. The van der Waals surface area contributed by atoms with Gasteiger partial charge < -0.3 is 5.73 Å². The molecule has 1 unspecified atom stereocenters. The summed E-state index contributed by atoms with van der Waals surface area (Å²) in [6.07, 6.45) is 2.61. The maximum Gasteiger partial charge on any atom is 0.279 e. The van der Waals surface area contributed by atoms with Crippen LogP contribution in [0.2, 0.25) is 0 Å². The fourth-order valence-corrected chi connectivity index (χ4v) is 4.28. The van der Waals surface area contributed by atoms with Crippen molar-refractivity contribution in [3.05, 3.63) is 0 Å². The molecule has 1 atom stereocenters. The lowest BCUT2D eigenvalue weighted by molar-refractivity contribution is 0.272. The molecule has 1 heterocycles.